The Morgan fingerprint density at radius 3 is 2.47 bits per heavy atom. The van der Waals surface area contributed by atoms with Gasteiger partial charge in [-0.2, -0.15) is 5.10 Å². The van der Waals surface area contributed by atoms with Crippen molar-refractivity contribution in [2.45, 2.75) is 62.9 Å². The van der Waals surface area contributed by atoms with Crippen molar-refractivity contribution >= 4 is 17.6 Å². The third-order valence-electron chi connectivity index (χ3n) is 6.14. The van der Waals surface area contributed by atoms with E-state index < -0.39 is 0 Å². The molecule has 2 fully saturated rings. The first kappa shape index (κ1) is 21.6. The van der Waals surface area contributed by atoms with Gasteiger partial charge in [-0.3, -0.25) is 4.90 Å². The summed E-state index contributed by atoms with van der Waals surface area (Å²) in [6.07, 6.45) is 6.68. The van der Waals surface area contributed by atoms with Crippen molar-refractivity contribution < 1.29 is 0 Å². The maximum atomic E-state index is 4.98. The van der Waals surface area contributed by atoms with Gasteiger partial charge in [-0.15, -0.1) is 0 Å². The van der Waals surface area contributed by atoms with Gasteiger partial charge in [-0.25, -0.2) is 19.6 Å². The molecule has 2 aromatic rings. The van der Waals surface area contributed by atoms with Gasteiger partial charge in [0.2, 0.25) is 0 Å². The van der Waals surface area contributed by atoms with E-state index in [1.807, 2.05) is 11.7 Å². The summed E-state index contributed by atoms with van der Waals surface area (Å²) in [4.78, 5) is 19.3. The first-order valence-electron chi connectivity index (χ1n) is 11.2. The number of aromatic nitrogens is 5. The molecule has 0 radical (unpaired) electrons. The zero-order chi connectivity index (χ0) is 21.1. The van der Waals surface area contributed by atoms with Crippen molar-refractivity contribution in [3.63, 3.8) is 0 Å². The van der Waals surface area contributed by atoms with Crippen LogP contribution in [0.1, 0.15) is 63.9 Å². The lowest BCUT2D eigenvalue weighted by Gasteiger charge is -2.36. The molecule has 0 bridgehead atoms. The second-order valence-corrected chi connectivity index (χ2v) is 10.6. The molecule has 7 nitrogen and oxygen atoms in total. The van der Waals surface area contributed by atoms with Crippen molar-refractivity contribution in [2.24, 2.45) is 7.05 Å². The number of aryl methyl sites for hydroxylation is 1. The zero-order valence-electron chi connectivity index (χ0n) is 18.8. The van der Waals surface area contributed by atoms with Crippen LogP contribution in [0, 0.1) is 0 Å². The molecular weight excluding hydrogens is 394 g/mol. The molecule has 2 aromatic heterocycles. The quantitative estimate of drug-likeness (QED) is 0.493. The Balaban J connectivity index is 1.30. The fraction of sp³-hybridized carbons (Fsp3) is 0.727. The smallest absolute Gasteiger partial charge is 0.185 e. The molecule has 2 aliphatic rings. The maximum absolute atomic E-state index is 4.98. The third-order valence-corrected chi connectivity index (χ3v) is 7.26. The second kappa shape index (κ2) is 9.22. The summed E-state index contributed by atoms with van der Waals surface area (Å²) in [6.45, 7) is 12.1. The van der Waals surface area contributed by atoms with Crippen molar-refractivity contribution in [1.29, 1.82) is 0 Å². The Morgan fingerprint density at radius 2 is 1.87 bits per heavy atom. The molecule has 3 heterocycles. The number of hydrogen-bond acceptors (Lipinski definition) is 7. The fourth-order valence-electron chi connectivity index (χ4n) is 3.93. The van der Waals surface area contributed by atoms with Gasteiger partial charge in [-0.05, 0) is 25.8 Å². The predicted octanol–water partition coefficient (Wildman–Crippen LogP) is 3.47. The van der Waals surface area contributed by atoms with Crippen LogP contribution in [0.2, 0.25) is 0 Å². The molecule has 0 unspecified atom stereocenters. The van der Waals surface area contributed by atoms with Gasteiger partial charge in [0.1, 0.15) is 18.0 Å². The molecule has 0 atom stereocenters. The van der Waals surface area contributed by atoms with Gasteiger partial charge in [0.25, 0.3) is 0 Å². The molecule has 0 spiro atoms. The summed E-state index contributed by atoms with van der Waals surface area (Å²) in [6, 6.07) is 2.27. The van der Waals surface area contributed by atoms with E-state index >= 15 is 0 Å². The number of hydrogen-bond donors (Lipinski definition) is 0. The SMILES string of the molecule is Cn1ncnc1SCCCN1CCN(c2cc(C3CCC3)nc(C(C)(C)C)n2)CC1. The highest BCUT2D eigenvalue weighted by Crippen LogP contribution is 2.37. The van der Waals surface area contributed by atoms with Crippen LogP contribution < -0.4 is 4.90 Å². The monoisotopic (exact) mass is 429 g/mol. The molecule has 8 heteroatoms. The molecule has 0 N–H and O–H groups in total. The molecule has 4 rings (SSSR count). The third kappa shape index (κ3) is 5.14. The van der Waals surface area contributed by atoms with E-state index in [9.17, 15) is 0 Å². The highest BCUT2D eigenvalue weighted by Gasteiger charge is 2.27. The minimum absolute atomic E-state index is 0.0171. The molecule has 164 valence electrons. The number of rotatable bonds is 7. The van der Waals surface area contributed by atoms with Crippen molar-refractivity contribution in [3.8, 4) is 0 Å². The van der Waals surface area contributed by atoms with Crippen LogP contribution in [0.3, 0.4) is 0 Å². The van der Waals surface area contributed by atoms with E-state index in [4.69, 9.17) is 9.97 Å². The summed E-state index contributed by atoms with van der Waals surface area (Å²) in [5.74, 6) is 3.85. The molecule has 1 saturated heterocycles. The Kier molecular flexibility index (Phi) is 6.63. The highest BCUT2D eigenvalue weighted by molar-refractivity contribution is 7.99. The van der Waals surface area contributed by atoms with Gasteiger partial charge in [-0.1, -0.05) is 39.0 Å². The summed E-state index contributed by atoms with van der Waals surface area (Å²) >= 11 is 1.79. The lowest BCUT2D eigenvalue weighted by Crippen LogP contribution is -2.47. The van der Waals surface area contributed by atoms with Crippen molar-refractivity contribution in [1.82, 2.24) is 29.6 Å². The minimum Gasteiger partial charge on any atom is -0.354 e. The van der Waals surface area contributed by atoms with Gasteiger partial charge in [0.15, 0.2) is 5.16 Å². The fourth-order valence-corrected chi connectivity index (χ4v) is 4.74. The van der Waals surface area contributed by atoms with Crippen LogP contribution in [0.15, 0.2) is 17.6 Å². The van der Waals surface area contributed by atoms with E-state index in [-0.39, 0.29) is 5.41 Å². The topological polar surface area (TPSA) is 63.0 Å². The van der Waals surface area contributed by atoms with Crippen LogP contribution >= 0.6 is 11.8 Å². The Labute approximate surface area is 184 Å². The van der Waals surface area contributed by atoms with E-state index in [2.05, 4.69) is 46.7 Å². The predicted molar refractivity (Wildman–Crippen MR) is 122 cm³/mol. The Morgan fingerprint density at radius 1 is 1.10 bits per heavy atom. The number of anilines is 1. The van der Waals surface area contributed by atoms with Crippen LogP contribution in [0.4, 0.5) is 5.82 Å². The molecule has 30 heavy (non-hydrogen) atoms. The summed E-state index contributed by atoms with van der Waals surface area (Å²) < 4.78 is 1.84. The Hall–Kier alpha value is -1.67. The molecule has 1 aliphatic heterocycles. The van der Waals surface area contributed by atoms with Crippen LogP contribution in [0.5, 0.6) is 0 Å². The standard InChI is InChI=1S/C22H35N7S/c1-22(2,3)20-25-18(17-7-5-8-17)15-19(26-20)29-12-10-28(11-13-29)9-6-14-30-21-23-16-24-27(21)4/h15-17H,5-14H2,1-4H3. The zero-order valence-corrected chi connectivity index (χ0v) is 19.7. The van der Waals surface area contributed by atoms with Gasteiger partial charge < -0.3 is 4.90 Å². The van der Waals surface area contributed by atoms with Crippen LogP contribution in [-0.4, -0.2) is 68.1 Å². The number of nitrogens with zero attached hydrogens (tertiary/aromatic N) is 7. The number of piperazine rings is 1. The average Bonchev–Trinajstić information content (AvgIpc) is 3.08. The first-order chi connectivity index (χ1) is 14.4. The van der Waals surface area contributed by atoms with Crippen LogP contribution in [-0.2, 0) is 12.5 Å². The molecule has 0 amide bonds. The number of thioether (sulfide) groups is 1. The van der Waals surface area contributed by atoms with E-state index in [1.54, 1.807) is 18.1 Å². The van der Waals surface area contributed by atoms with Crippen LogP contribution in [0.25, 0.3) is 0 Å². The molecule has 1 saturated carbocycles. The summed E-state index contributed by atoms with van der Waals surface area (Å²) in [5.41, 5.74) is 1.25. The van der Waals surface area contributed by atoms with Gasteiger partial charge in [0, 0.05) is 62.1 Å². The molecule has 1 aliphatic carbocycles. The van der Waals surface area contributed by atoms with E-state index in [0.29, 0.717) is 5.92 Å². The second-order valence-electron chi connectivity index (χ2n) is 9.55. The summed E-state index contributed by atoms with van der Waals surface area (Å²) in [5, 5.41) is 5.13. The normalized spacial score (nSPS) is 18.6. The molecular formula is C22H35N7S. The lowest BCUT2D eigenvalue weighted by molar-refractivity contribution is 0.258. The molecule has 0 aromatic carbocycles. The van der Waals surface area contributed by atoms with Gasteiger partial charge >= 0.3 is 0 Å². The maximum Gasteiger partial charge on any atom is 0.185 e. The lowest BCUT2D eigenvalue weighted by atomic mass is 9.82. The van der Waals surface area contributed by atoms with Crippen molar-refractivity contribution in [2.75, 3.05) is 43.4 Å². The van der Waals surface area contributed by atoms with Crippen molar-refractivity contribution in [3.05, 3.63) is 23.9 Å². The largest absolute Gasteiger partial charge is 0.354 e. The Bertz CT molecular complexity index is 832. The average molecular weight is 430 g/mol. The first-order valence-corrected chi connectivity index (χ1v) is 12.2. The van der Waals surface area contributed by atoms with E-state index in [0.717, 1.165) is 55.3 Å². The summed E-state index contributed by atoms with van der Waals surface area (Å²) in [7, 11) is 1.95. The van der Waals surface area contributed by atoms with Gasteiger partial charge in [0.05, 0.1) is 0 Å². The highest BCUT2D eigenvalue weighted by atomic mass is 32.2. The minimum atomic E-state index is -0.0171. The van der Waals surface area contributed by atoms with E-state index in [1.165, 1.54) is 31.4 Å².